The maximum absolute atomic E-state index is 12.7. The molecule has 0 amide bonds. The molecule has 4 nitrogen and oxygen atoms in total. The Labute approximate surface area is 144 Å². The van der Waals surface area contributed by atoms with Crippen LogP contribution in [0, 0.1) is 5.41 Å². The van der Waals surface area contributed by atoms with Crippen molar-refractivity contribution in [2.24, 2.45) is 16.1 Å². The average Bonchev–Trinajstić information content (AvgIpc) is 3.18. The first-order valence-electron chi connectivity index (χ1n) is 6.15. The van der Waals surface area contributed by atoms with E-state index in [1.807, 2.05) is 0 Å². The van der Waals surface area contributed by atoms with Crippen molar-refractivity contribution >= 4 is 47.2 Å². The van der Waals surface area contributed by atoms with Crippen LogP contribution in [0.5, 0.6) is 5.75 Å². The van der Waals surface area contributed by atoms with Gasteiger partial charge in [-0.25, -0.2) is 8.78 Å². The van der Waals surface area contributed by atoms with Gasteiger partial charge in [-0.1, -0.05) is 11.6 Å². The molecule has 0 atom stereocenters. The van der Waals surface area contributed by atoms with E-state index in [4.69, 9.17) is 22.1 Å². The summed E-state index contributed by atoms with van der Waals surface area (Å²) in [5, 5.41) is 3.24. The van der Waals surface area contributed by atoms with E-state index in [1.165, 1.54) is 7.11 Å². The minimum absolute atomic E-state index is 0. The van der Waals surface area contributed by atoms with Crippen LogP contribution in [-0.2, 0) is 0 Å². The number of rotatable bonds is 5. The molecule has 1 aromatic carbocycles. The number of benzene rings is 1. The Hall–Kier alpha value is -0.830. The Morgan fingerprint density at radius 2 is 2.19 bits per heavy atom. The summed E-state index contributed by atoms with van der Waals surface area (Å²) in [5.74, 6) is 0.639. The summed E-state index contributed by atoms with van der Waals surface area (Å²) in [6, 6.07) is 5.02. The number of guanidine groups is 1. The number of aliphatic imine (C=N–C) groups is 1. The summed E-state index contributed by atoms with van der Waals surface area (Å²) in [4.78, 5) is 3.98. The number of nitrogens with one attached hydrogen (secondary N) is 1. The number of hydrogen-bond acceptors (Lipinski definition) is 2. The number of methoxy groups -OCH3 is 1. The Kier molecular flexibility index (Phi) is 6.45. The topological polar surface area (TPSA) is 59.6 Å². The van der Waals surface area contributed by atoms with E-state index in [9.17, 15) is 8.78 Å². The zero-order chi connectivity index (χ0) is 14.8. The second-order valence-corrected chi connectivity index (χ2v) is 5.25. The van der Waals surface area contributed by atoms with Crippen LogP contribution in [0.15, 0.2) is 23.2 Å². The lowest BCUT2D eigenvalue weighted by Crippen LogP contribution is -2.25. The minimum atomic E-state index is -2.35. The molecule has 0 bridgehead atoms. The van der Waals surface area contributed by atoms with Gasteiger partial charge in [-0.3, -0.25) is 4.99 Å². The SMILES string of the molecule is COc1ccc(NC(N)=NCC2(C(F)F)CC2)cc1Cl.I. The number of anilines is 1. The van der Waals surface area contributed by atoms with E-state index in [1.54, 1.807) is 18.2 Å². The van der Waals surface area contributed by atoms with Crippen molar-refractivity contribution in [3.05, 3.63) is 23.2 Å². The van der Waals surface area contributed by atoms with Crippen molar-refractivity contribution in [3.63, 3.8) is 0 Å². The number of nitrogens with zero attached hydrogens (tertiary/aromatic N) is 1. The Bertz CT molecular complexity index is 524. The number of hydrogen-bond donors (Lipinski definition) is 2. The predicted octanol–water partition coefficient (Wildman–Crippen LogP) is 3.74. The molecule has 2 rings (SSSR count). The second-order valence-electron chi connectivity index (χ2n) is 4.84. The molecule has 1 aliphatic carbocycles. The molecule has 3 N–H and O–H groups in total. The number of halogens is 4. The summed E-state index contributed by atoms with van der Waals surface area (Å²) in [6.45, 7) is 0.0351. The van der Waals surface area contributed by atoms with Gasteiger partial charge in [-0.05, 0) is 31.0 Å². The monoisotopic (exact) mass is 431 g/mol. The van der Waals surface area contributed by atoms with E-state index < -0.39 is 11.8 Å². The highest BCUT2D eigenvalue weighted by atomic mass is 127. The van der Waals surface area contributed by atoms with E-state index >= 15 is 0 Å². The van der Waals surface area contributed by atoms with Crippen molar-refractivity contribution in [1.29, 1.82) is 0 Å². The molecule has 1 saturated carbocycles. The van der Waals surface area contributed by atoms with Gasteiger partial charge in [0.15, 0.2) is 5.96 Å². The molecule has 1 aliphatic rings. The van der Waals surface area contributed by atoms with Crippen molar-refractivity contribution in [2.45, 2.75) is 19.3 Å². The lowest BCUT2D eigenvalue weighted by atomic mass is 10.1. The minimum Gasteiger partial charge on any atom is -0.495 e. The zero-order valence-corrected chi connectivity index (χ0v) is 14.5. The quantitative estimate of drug-likeness (QED) is 0.424. The van der Waals surface area contributed by atoms with Crippen molar-refractivity contribution in [2.75, 3.05) is 19.0 Å². The molecule has 0 heterocycles. The van der Waals surface area contributed by atoms with Crippen molar-refractivity contribution in [3.8, 4) is 5.75 Å². The highest BCUT2D eigenvalue weighted by Crippen LogP contribution is 2.50. The third kappa shape index (κ3) is 4.57. The molecule has 21 heavy (non-hydrogen) atoms. The number of nitrogens with two attached hydrogens (primary N) is 1. The van der Waals surface area contributed by atoms with E-state index in [2.05, 4.69) is 10.3 Å². The smallest absolute Gasteiger partial charge is 0.245 e. The second kappa shape index (κ2) is 7.44. The highest BCUT2D eigenvalue weighted by Gasteiger charge is 2.50. The fourth-order valence-electron chi connectivity index (χ4n) is 1.78. The normalized spacial score (nSPS) is 16.3. The molecular weight excluding hydrogens is 415 g/mol. The summed E-state index contributed by atoms with van der Waals surface area (Å²) >= 11 is 5.97. The molecule has 1 fully saturated rings. The Morgan fingerprint density at radius 1 is 1.52 bits per heavy atom. The van der Waals surface area contributed by atoms with Crippen LogP contribution in [-0.4, -0.2) is 26.0 Å². The van der Waals surface area contributed by atoms with Crippen LogP contribution < -0.4 is 15.8 Å². The Balaban J connectivity index is 0.00000220. The molecular formula is C13H17ClF2IN3O. The molecule has 0 radical (unpaired) electrons. The summed E-state index contributed by atoms with van der Waals surface area (Å²) in [6.07, 6.45) is -1.36. The molecule has 0 aromatic heterocycles. The van der Waals surface area contributed by atoms with Crippen molar-refractivity contribution in [1.82, 2.24) is 0 Å². The lowest BCUT2D eigenvalue weighted by molar-refractivity contribution is 0.0667. The maximum atomic E-state index is 12.7. The summed E-state index contributed by atoms with van der Waals surface area (Å²) in [5.41, 5.74) is 5.34. The molecule has 0 saturated heterocycles. The van der Waals surface area contributed by atoms with Gasteiger partial charge in [-0.2, -0.15) is 0 Å². The lowest BCUT2D eigenvalue weighted by Gasteiger charge is -2.12. The van der Waals surface area contributed by atoms with Gasteiger partial charge >= 0.3 is 0 Å². The third-order valence-corrected chi connectivity index (χ3v) is 3.64. The fourth-order valence-corrected chi connectivity index (χ4v) is 2.04. The first-order chi connectivity index (χ1) is 9.47. The van der Waals surface area contributed by atoms with Crippen LogP contribution in [0.3, 0.4) is 0 Å². The standard InChI is InChI=1S/C13H16ClF2N3O.HI/c1-20-10-3-2-8(6-9(10)14)19-12(17)18-7-13(4-5-13)11(15)16;/h2-3,6,11H,4-5,7H2,1H3,(H3,17,18,19);1H. The van der Waals surface area contributed by atoms with E-state index in [0.717, 1.165) is 0 Å². The van der Waals surface area contributed by atoms with Gasteiger partial charge in [0.2, 0.25) is 6.43 Å². The average molecular weight is 432 g/mol. The van der Waals surface area contributed by atoms with Crippen LogP contribution >= 0.6 is 35.6 Å². The van der Waals surface area contributed by atoms with Crippen LogP contribution in [0.1, 0.15) is 12.8 Å². The highest BCUT2D eigenvalue weighted by molar-refractivity contribution is 14.0. The predicted molar refractivity (Wildman–Crippen MR) is 91.2 cm³/mol. The van der Waals surface area contributed by atoms with Gasteiger partial charge < -0.3 is 15.8 Å². The Morgan fingerprint density at radius 3 is 2.67 bits per heavy atom. The van der Waals surface area contributed by atoms with Crippen LogP contribution in [0.25, 0.3) is 0 Å². The van der Waals surface area contributed by atoms with E-state index in [-0.39, 0.29) is 36.5 Å². The maximum Gasteiger partial charge on any atom is 0.245 e. The summed E-state index contributed by atoms with van der Waals surface area (Å²) < 4.78 is 30.5. The first-order valence-corrected chi connectivity index (χ1v) is 6.53. The van der Waals surface area contributed by atoms with Gasteiger partial charge in [0.05, 0.1) is 24.1 Å². The molecule has 0 spiro atoms. The summed E-state index contributed by atoms with van der Waals surface area (Å²) in [7, 11) is 1.52. The largest absolute Gasteiger partial charge is 0.495 e. The molecule has 0 unspecified atom stereocenters. The van der Waals surface area contributed by atoms with Crippen LogP contribution in [0.4, 0.5) is 14.5 Å². The third-order valence-electron chi connectivity index (χ3n) is 3.34. The molecule has 0 aliphatic heterocycles. The van der Waals surface area contributed by atoms with Gasteiger partial charge in [-0.15, -0.1) is 24.0 Å². The fraction of sp³-hybridized carbons (Fsp3) is 0.462. The number of ether oxygens (including phenoxy) is 1. The first kappa shape index (κ1) is 18.2. The number of alkyl halides is 2. The van der Waals surface area contributed by atoms with Gasteiger partial charge in [0, 0.05) is 5.69 Å². The van der Waals surface area contributed by atoms with Gasteiger partial charge in [0.25, 0.3) is 0 Å². The zero-order valence-electron chi connectivity index (χ0n) is 11.4. The van der Waals surface area contributed by atoms with Crippen LogP contribution in [0.2, 0.25) is 5.02 Å². The van der Waals surface area contributed by atoms with Gasteiger partial charge in [0.1, 0.15) is 5.75 Å². The molecule has 118 valence electrons. The molecule has 1 aromatic rings. The van der Waals surface area contributed by atoms with Crippen molar-refractivity contribution < 1.29 is 13.5 Å². The molecule has 8 heteroatoms. The van der Waals surface area contributed by atoms with E-state index in [0.29, 0.717) is 29.3 Å².